The Morgan fingerprint density at radius 2 is 2.23 bits per heavy atom. The lowest BCUT2D eigenvalue weighted by Gasteiger charge is -2.49. The van der Waals surface area contributed by atoms with E-state index in [0.717, 1.165) is 18.9 Å². The molecule has 3 saturated heterocycles. The molecule has 0 aliphatic carbocycles. The van der Waals surface area contributed by atoms with Gasteiger partial charge in [0.15, 0.2) is 0 Å². The highest BCUT2D eigenvalue weighted by Crippen LogP contribution is 2.45. The van der Waals surface area contributed by atoms with Crippen molar-refractivity contribution in [1.29, 1.82) is 0 Å². The number of aliphatic hydroxyl groups is 1. The van der Waals surface area contributed by atoms with Gasteiger partial charge in [-0.15, -0.1) is 6.58 Å². The Bertz CT molecular complexity index is 690. The maximum Gasteiger partial charge on any atom is 0.0504 e. The largest absolute Gasteiger partial charge is 0.396 e. The number of nitrogens with zero attached hydrogens (tertiary/aromatic N) is 1. The van der Waals surface area contributed by atoms with E-state index in [1.54, 1.807) is 0 Å². The molecule has 2 bridgehead atoms. The molecule has 3 fully saturated rings. The highest BCUT2D eigenvalue weighted by atomic mass is 16.2. The van der Waals surface area contributed by atoms with Crippen LogP contribution in [0.4, 0.5) is 0 Å². The van der Waals surface area contributed by atoms with Crippen LogP contribution in [0.15, 0.2) is 36.9 Å². The first kappa shape index (κ1) is 14.0. The standard InChI is InChI=1S/C19H24N2O/c1-2-13-12-21-9-7-14(13)11-18(21)19-16(8-10-22)15-5-3-4-6-17(15)20-19/h2-6,13-14,18,20,22H,1,7-12H2/t13-,14-,18?/m0/s1. The summed E-state index contributed by atoms with van der Waals surface area (Å²) in [5.41, 5.74) is 3.84. The number of aromatic amines is 1. The number of hydrogen-bond donors (Lipinski definition) is 2. The van der Waals surface area contributed by atoms with Gasteiger partial charge in [-0.25, -0.2) is 0 Å². The first-order valence-corrected chi connectivity index (χ1v) is 8.38. The van der Waals surface area contributed by atoms with Crippen molar-refractivity contribution in [1.82, 2.24) is 9.88 Å². The van der Waals surface area contributed by atoms with Gasteiger partial charge in [0.2, 0.25) is 0 Å². The summed E-state index contributed by atoms with van der Waals surface area (Å²) < 4.78 is 0. The predicted octanol–water partition coefficient (Wildman–Crippen LogP) is 3.27. The van der Waals surface area contributed by atoms with Crippen molar-refractivity contribution in [3.63, 3.8) is 0 Å². The minimum absolute atomic E-state index is 0.209. The molecule has 0 saturated carbocycles. The van der Waals surface area contributed by atoms with E-state index < -0.39 is 0 Å². The van der Waals surface area contributed by atoms with Gasteiger partial charge in [0.1, 0.15) is 0 Å². The smallest absolute Gasteiger partial charge is 0.0504 e. The second-order valence-corrected chi connectivity index (χ2v) is 6.73. The summed E-state index contributed by atoms with van der Waals surface area (Å²) in [5.74, 6) is 1.41. The van der Waals surface area contributed by atoms with Crippen LogP contribution in [0, 0.1) is 11.8 Å². The van der Waals surface area contributed by atoms with E-state index in [1.165, 1.54) is 41.5 Å². The van der Waals surface area contributed by atoms with Gasteiger partial charge in [0, 0.05) is 29.7 Å². The molecule has 3 aliphatic rings. The summed E-state index contributed by atoms with van der Waals surface area (Å²) in [6.07, 6.45) is 5.39. The van der Waals surface area contributed by atoms with E-state index in [2.05, 4.69) is 46.8 Å². The number of aliphatic hydroxyl groups excluding tert-OH is 1. The molecule has 5 rings (SSSR count). The van der Waals surface area contributed by atoms with E-state index in [4.69, 9.17) is 0 Å². The number of aromatic nitrogens is 1. The molecule has 1 aromatic heterocycles. The van der Waals surface area contributed by atoms with Crippen LogP contribution in [0.2, 0.25) is 0 Å². The van der Waals surface area contributed by atoms with Gasteiger partial charge < -0.3 is 10.1 Å². The highest BCUT2D eigenvalue weighted by molar-refractivity contribution is 5.84. The maximum absolute atomic E-state index is 9.49. The molecule has 3 heteroatoms. The second kappa shape index (κ2) is 5.56. The maximum atomic E-state index is 9.49. The first-order chi connectivity index (χ1) is 10.8. The molecule has 4 heterocycles. The van der Waals surface area contributed by atoms with Gasteiger partial charge in [-0.3, -0.25) is 4.90 Å². The minimum Gasteiger partial charge on any atom is -0.396 e. The van der Waals surface area contributed by atoms with E-state index in [-0.39, 0.29) is 6.61 Å². The normalized spacial score (nSPS) is 30.8. The number of para-hydroxylation sites is 1. The van der Waals surface area contributed by atoms with Gasteiger partial charge in [0.25, 0.3) is 0 Å². The second-order valence-electron chi connectivity index (χ2n) is 6.73. The van der Waals surface area contributed by atoms with Crippen LogP contribution in [-0.2, 0) is 6.42 Å². The first-order valence-electron chi connectivity index (χ1n) is 8.38. The molecular formula is C19H24N2O. The fourth-order valence-corrected chi connectivity index (χ4v) is 4.52. The summed E-state index contributed by atoms with van der Waals surface area (Å²) in [6, 6.07) is 8.95. The highest BCUT2D eigenvalue weighted by Gasteiger charge is 2.40. The number of nitrogens with one attached hydrogen (secondary N) is 1. The molecule has 1 aromatic carbocycles. The van der Waals surface area contributed by atoms with Crippen molar-refractivity contribution in [2.24, 2.45) is 11.8 Å². The quantitative estimate of drug-likeness (QED) is 0.850. The fourth-order valence-electron chi connectivity index (χ4n) is 4.52. The molecule has 3 nitrogen and oxygen atoms in total. The number of benzene rings is 1. The van der Waals surface area contributed by atoms with Gasteiger partial charge in [-0.05, 0) is 49.3 Å². The molecule has 0 amide bonds. The van der Waals surface area contributed by atoms with Crippen LogP contribution in [-0.4, -0.2) is 34.7 Å². The SMILES string of the molecule is C=C[C@H]1CN2CC[C@H]1CC2c1[nH]c2ccccc2c1CCO. The topological polar surface area (TPSA) is 39.3 Å². The van der Waals surface area contributed by atoms with Crippen molar-refractivity contribution >= 4 is 10.9 Å². The average molecular weight is 296 g/mol. The summed E-state index contributed by atoms with van der Waals surface area (Å²) in [6.45, 7) is 6.54. The molecule has 116 valence electrons. The van der Waals surface area contributed by atoms with Crippen LogP contribution >= 0.6 is 0 Å². The molecule has 2 unspecified atom stereocenters. The lowest BCUT2D eigenvalue weighted by atomic mass is 9.74. The summed E-state index contributed by atoms with van der Waals surface area (Å²) in [5, 5.41) is 10.8. The zero-order valence-electron chi connectivity index (χ0n) is 13.0. The molecule has 22 heavy (non-hydrogen) atoms. The zero-order chi connectivity index (χ0) is 15.1. The molecule has 0 radical (unpaired) electrons. The number of H-pyrrole nitrogens is 1. The van der Waals surface area contributed by atoms with Crippen LogP contribution in [0.3, 0.4) is 0 Å². The number of fused-ring (bicyclic) bond motifs is 4. The van der Waals surface area contributed by atoms with Crippen LogP contribution in [0.25, 0.3) is 10.9 Å². The van der Waals surface area contributed by atoms with Crippen LogP contribution in [0.1, 0.15) is 30.1 Å². The molecule has 4 atom stereocenters. The third-order valence-electron chi connectivity index (χ3n) is 5.65. The lowest BCUT2D eigenvalue weighted by Crippen LogP contribution is -2.48. The lowest BCUT2D eigenvalue weighted by molar-refractivity contribution is 0.0163. The van der Waals surface area contributed by atoms with Gasteiger partial charge in [-0.2, -0.15) is 0 Å². The van der Waals surface area contributed by atoms with Crippen molar-refractivity contribution in [3.05, 3.63) is 48.2 Å². The third kappa shape index (κ3) is 2.11. The van der Waals surface area contributed by atoms with Gasteiger partial charge in [0.05, 0.1) is 6.04 Å². The van der Waals surface area contributed by atoms with Crippen molar-refractivity contribution in [2.75, 3.05) is 19.7 Å². The Hall–Kier alpha value is -1.58. The summed E-state index contributed by atoms with van der Waals surface area (Å²) >= 11 is 0. The van der Waals surface area contributed by atoms with E-state index in [1.807, 2.05) is 0 Å². The van der Waals surface area contributed by atoms with E-state index in [0.29, 0.717) is 12.0 Å². The van der Waals surface area contributed by atoms with E-state index >= 15 is 0 Å². The van der Waals surface area contributed by atoms with Crippen molar-refractivity contribution in [2.45, 2.75) is 25.3 Å². The van der Waals surface area contributed by atoms with E-state index in [9.17, 15) is 5.11 Å². The Morgan fingerprint density at radius 3 is 2.95 bits per heavy atom. The Balaban J connectivity index is 1.75. The molecule has 2 aromatic rings. The summed E-state index contributed by atoms with van der Waals surface area (Å²) in [7, 11) is 0. The van der Waals surface area contributed by atoms with Crippen molar-refractivity contribution in [3.8, 4) is 0 Å². The number of piperidine rings is 3. The number of rotatable bonds is 4. The fraction of sp³-hybridized carbons (Fsp3) is 0.474. The zero-order valence-corrected chi connectivity index (χ0v) is 13.0. The van der Waals surface area contributed by atoms with Crippen LogP contribution < -0.4 is 0 Å². The molecule has 0 spiro atoms. The van der Waals surface area contributed by atoms with Gasteiger partial charge >= 0.3 is 0 Å². The molecule has 2 N–H and O–H groups in total. The molecular weight excluding hydrogens is 272 g/mol. The number of hydrogen-bond acceptors (Lipinski definition) is 2. The third-order valence-corrected chi connectivity index (χ3v) is 5.65. The molecule has 3 aliphatic heterocycles. The predicted molar refractivity (Wildman–Crippen MR) is 89.8 cm³/mol. The van der Waals surface area contributed by atoms with Gasteiger partial charge in [-0.1, -0.05) is 24.3 Å². The minimum atomic E-state index is 0.209. The van der Waals surface area contributed by atoms with Crippen LogP contribution in [0.5, 0.6) is 0 Å². The summed E-state index contributed by atoms with van der Waals surface area (Å²) in [4.78, 5) is 6.27. The Morgan fingerprint density at radius 1 is 1.36 bits per heavy atom. The van der Waals surface area contributed by atoms with Crippen molar-refractivity contribution < 1.29 is 5.11 Å². The average Bonchev–Trinajstić information content (AvgIpc) is 2.94. The Labute approximate surface area is 131 Å². The Kier molecular flexibility index (Phi) is 3.55. The monoisotopic (exact) mass is 296 g/mol.